The Hall–Kier alpha value is -2.14. The number of carbonyl (C=O) groups is 2. The minimum absolute atomic E-state index is 0.0454. The third kappa shape index (κ3) is 4.66. The maximum absolute atomic E-state index is 12.1. The number of nitrogens with one attached hydrogen (secondary N) is 1. The number of carbonyl (C=O) groups excluding carboxylic acids is 2. The first kappa shape index (κ1) is 17.2. The normalized spacial score (nSPS) is 10.2. The van der Waals surface area contributed by atoms with Crippen molar-refractivity contribution >= 4 is 33.4 Å². The zero-order chi connectivity index (χ0) is 16.8. The van der Waals surface area contributed by atoms with Crippen LogP contribution in [0.2, 0.25) is 0 Å². The molecule has 120 valence electrons. The maximum Gasteiger partial charge on any atom is 0.251 e. The van der Waals surface area contributed by atoms with Gasteiger partial charge in [-0.1, -0.05) is 40.2 Å². The van der Waals surface area contributed by atoms with E-state index in [1.54, 1.807) is 17.0 Å². The van der Waals surface area contributed by atoms with Gasteiger partial charge in [0.2, 0.25) is 5.91 Å². The summed E-state index contributed by atoms with van der Waals surface area (Å²) in [6.45, 7) is 4.31. The van der Waals surface area contributed by atoms with E-state index >= 15 is 0 Å². The fourth-order valence-electron chi connectivity index (χ4n) is 2.33. The molecule has 2 amide bonds. The highest BCUT2D eigenvalue weighted by atomic mass is 79.9. The summed E-state index contributed by atoms with van der Waals surface area (Å²) in [5.41, 5.74) is 2.49. The van der Waals surface area contributed by atoms with Crippen LogP contribution in [-0.2, 0) is 4.79 Å². The first-order chi connectivity index (χ1) is 11.0. The van der Waals surface area contributed by atoms with Gasteiger partial charge in [-0.2, -0.15) is 0 Å². The predicted octanol–water partition coefficient (Wildman–Crippen LogP) is 3.54. The molecule has 0 fully saturated rings. The molecule has 0 aliphatic rings. The highest BCUT2D eigenvalue weighted by Crippen LogP contribution is 2.19. The maximum atomic E-state index is 12.1. The molecule has 5 heteroatoms. The molecular formula is C18H19BrN2O2. The molecule has 0 aromatic heterocycles. The number of halogens is 1. The van der Waals surface area contributed by atoms with Crippen LogP contribution in [0.4, 0.5) is 5.69 Å². The number of hydrogen-bond acceptors (Lipinski definition) is 2. The van der Waals surface area contributed by atoms with Crippen LogP contribution < -0.4 is 10.2 Å². The quantitative estimate of drug-likeness (QED) is 0.869. The lowest BCUT2D eigenvalue weighted by Gasteiger charge is -2.23. The molecule has 0 aliphatic heterocycles. The molecule has 0 saturated heterocycles. The summed E-state index contributed by atoms with van der Waals surface area (Å²) < 4.78 is 0.857. The molecule has 2 rings (SSSR count). The van der Waals surface area contributed by atoms with Crippen LogP contribution in [0.15, 0.2) is 53.0 Å². The number of nitrogens with zero attached hydrogens (tertiary/aromatic N) is 1. The summed E-state index contributed by atoms with van der Waals surface area (Å²) in [4.78, 5) is 25.7. The Labute approximate surface area is 144 Å². The second-order valence-electron chi connectivity index (χ2n) is 5.22. The monoisotopic (exact) mass is 374 g/mol. The van der Waals surface area contributed by atoms with E-state index in [2.05, 4.69) is 21.2 Å². The highest BCUT2D eigenvalue weighted by Gasteiger charge is 2.14. The third-order valence-corrected chi connectivity index (χ3v) is 3.99. The topological polar surface area (TPSA) is 49.4 Å². The van der Waals surface area contributed by atoms with E-state index in [-0.39, 0.29) is 11.8 Å². The lowest BCUT2D eigenvalue weighted by atomic mass is 10.2. The minimum Gasteiger partial charge on any atom is -0.350 e. The first-order valence-corrected chi connectivity index (χ1v) is 8.16. The molecule has 0 radical (unpaired) electrons. The number of rotatable bonds is 5. The van der Waals surface area contributed by atoms with Crippen molar-refractivity contribution in [2.24, 2.45) is 0 Å². The van der Waals surface area contributed by atoms with Crippen molar-refractivity contribution in [3.63, 3.8) is 0 Å². The van der Waals surface area contributed by atoms with E-state index in [0.29, 0.717) is 18.7 Å². The van der Waals surface area contributed by atoms with Gasteiger partial charge in [0.1, 0.15) is 0 Å². The summed E-state index contributed by atoms with van der Waals surface area (Å²) in [5, 5.41) is 2.85. The van der Waals surface area contributed by atoms with Gasteiger partial charge in [-0.3, -0.25) is 9.59 Å². The Balaban J connectivity index is 1.99. The summed E-state index contributed by atoms with van der Waals surface area (Å²) in [6.07, 6.45) is 0. The average Bonchev–Trinajstić information content (AvgIpc) is 2.52. The summed E-state index contributed by atoms with van der Waals surface area (Å²) in [6, 6.07) is 14.9. The smallest absolute Gasteiger partial charge is 0.251 e. The number of para-hydroxylation sites is 1. The van der Waals surface area contributed by atoms with Crippen molar-refractivity contribution in [2.45, 2.75) is 13.8 Å². The molecule has 0 atom stereocenters. The SMILES string of the molecule is CC(=O)N(CCNC(=O)c1cccc(Br)c1)c1ccccc1C. The molecule has 4 nitrogen and oxygen atoms in total. The highest BCUT2D eigenvalue weighted by molar-refractivity contribution is 9.10. The van der Waals surface area contributed by atoms with Gasteiger partial charge >= 0.3 is 0 Å². The predicted molar refractivity (Wildman–Crippen MR) is 95.7 cm³/mol. The fraction of sp³-hybridized carbons (Fsp3) is 0.222. The van der Waals surface area contributed by atoms with E-state index in [1.807, 2.05) is 43.3 Å². The molecule has 0 heterocycles. The number of amides is 2. The number of aryl methyl sites for hydroxylation is 1. The largest absolute Gasteiger partial charge is 0.350 e. The average molecular weight is 375 g/mol. The van der Waals surface area contributed by atoms with E-state index in [0.717, 1.165) is 15.7 Å². The van der Waals surface area contributed by atoms with Gasteiger partial charge < -0.3 is 10.2 Å². The minimum atomic E-state index is -0.153. The van der Waals surface area contributed by atoms with Crippen molar-refractivity contribution in [1.29, 1.82) is 0 Å². The van der Waals surface area contributed by atoms with E-state index in [9.17, 15) is 9.59 Å². The van der Waals surface area contributed by atoms with Crippen LogP contribution in [-0.4, -0.2) is 24.9 Å². The second-order valence-corrected chi connectivity index (χ2v) is 6.14. The van der Waals surface area contributed by atoms with Crippen LogP contribution in [0, 0.1) is 6.92 Å². The molecule has 23 heavy (non-hydrogen) atoms. The lowest BCUT2D eigenvalue weighted by molar-refractivity contribution is -0.116. The Kier molecular flexibility index (Phi) is 5.93. The van der Waals surface area contributed by atoms with Gasteiger partial charge in [-0.15, -0.1) is 0 Å². The molecule has 0 spiro atoms. The molecule has 0 saturated carbocycles. The van der Waals surface area contributed by atoms with Crippen LogP contribution in [0.25, 0.3) is 0 Å². The van der Waals surface area contributed by atoms with Crippen molar-refractivity contribution in [2.75, 3.05) is 18.0 Å². The number of hydrogen-bond donors (Lipinski definition) is 1. The van der Waals surface area contributed by atoms with Crippen LogP contribution in [0.1, 0.15) is 22.8 Å². The Morgan fingerprint density at radius 2 is 1.87 bits per heavy atom. The number of benzene rings is 2. The summed E-state index contributed by atoms with van der Waals surface area (Å²) in [7, 11) is 0. The zero-order valence-electron chi connectivity index (χ0n) is 13.2. The van der Waals surface area contributed by atoms with Crippen molar-refractivity contribution < 1.29 is 9.59 Å². The summed E-state index contributed by atoms with van der Waals surface area (Å²) in [5.74, 6) is -0.199. The Bertz CT molecular complexity index is 716. The van der Waals surface area contributed by atoms with Gasteiger partial charge in [0.05, 0.1) is 0 Å². The third-order valence-electron chi connectivity index (χ3n) is 3.49. The molecule has 0 unspecified atom stereocenters. The first-order valence-electron chi connectivity index (χ1n) is 7.36. The van der Waals surface area contributed by atoms with E-state index in [4.69, 9.17) is 0 Å². The van der Waals surface area contributed by atoms with Crippen molar-refractivity contribution in [3.05, 3.63) is 64.1 Å². The van der Waals surface area contributed by atoms with Crippen LogP contribution in [0.5, 0.6) is 0 Å². The molecule has 2 aromatic rings. The van der Waals surface area contributed by atoms with Crippen LogP contribution >= 0.6 is 15.9 Å². The number of anilines is 1. The standard InChI is InChI=1S/C18H19BrN2O2/c1-13-6-3-4-9-17(13)21(14(2)22)11-10-20-18(23)15-7-5-8-16(19)12-15/h3-9,12H,10-11H2,1-2H3,(H,20,23). The van der Waals surface area contributed by atoms with Gasteiger partial charge in [-0.25, -0.2) is 0 Å². The van der Waals surface area contributed by atoms with Crippen molar-refractivity contribution in [1.82, 2.24) is 5.32 Å². The Morgan fingerprint density at radius 3 is 2.52 bits per heavy atom. The molecule has 0 bridgehead atoms. The molecule has 1 N–H and O–H groups in total. The van der Waals surface area contributed by atoms with E-state index in [1.165, 1.54) is 6.92 Å². The zero-order valence-corrected chi connectivity index (χ0v) is 14.8. The molecular weight excluding hydrogens is 356 g/mol. The second kappa shape index (κ2) is 7.92. The van der Waals surface area contributed by atoms with Gasteiger partial charge in [0, 0.05) is 35.7 Å². The molecule has 0 aliphatic carbocycles. The fourth-order valence-corrected chi connectivity index (χ4v) is 2.73. The van der Waals surface area contributed by atoms with Gasteiger partial charge in [-0.05, 0) is 36.8 Å². The molecule has 2 aromatic carbocycles. The van der Waals surface area contributed by atoms with Crippen LogP contribution in [0.3, 0.4) is 0 Å². The van der Waals surface area contributed by atoms with Gasteiger partial charge in [0.25, 0.3) is 5.91 Å². The van der Waals surface area contributed by atoms with Crippen molar-refractivity contribution in [3.8, 4) is 0 Å². The van der Waals surface area contributed by atoms with E-state index < -0.39 is 0 Å². The Morgan fingerprint density at radius 1 is 1.13 bits per heavy atom. The summed E-state index contributed by atoms with van der Waals surface area (Å²) >= 11 is 3.35. The van der Waals surface area contributed by atoms with Gasteiger partial charge in [0.15, 0.2) is 0 Å². The lowest BCUT2D eigenvalue weighted by Crippen LogP contribution is -2.37.